The van der Waals surface area contributed by atoms with Gasteiger partial charge in [0.05, 0.1) is 27.7 Å². The van der Waals surface area contributed by atoms with E-state index in [4.69, 9.17) is 18.5 Å². The van der Waals surface area contributed by atoms with Crippen LogP contribution in [0.2, 0.25) is 0 Å². The minimum atomic E-state index is -4.68. The summed E-state index contributed by atoms with van der Waals surface area (Å²) in [5.41, 5.74) is 0. The summed E-state index contributed by atoms with van der Waals surface area (Å²) in [6, 6.07) is 0. The first-order valence-electron chi connectivity index (χ1n) is 34.7. The Bertz CT molecular complexity index is 2450. The highest BCUT2D eigenvalue weighted by molar-refractivity contribution is 7.45. The molecular formula is C82H124NO8P. The maximum absolute atomic E-state index is 12.9. The van der Waals surface area contributed by atoms with Crippen LogP contribution in [-0.2, 0) is 32.7 Å². The molecule has 0 fully saturated rings. The van der Waals surface area contributed by atoms with E-state index in [1.54, 1.807) is 0 Å². The standard InChI is InChI=1S/C82H124NO8P/c1-6-8-10-12-14-16-18-20-22-24-26-28-30-32-34-36-37-38-39-40-41-42-43-44-45-47-49-51-53-55-57-59-61-63-65-67-69-71-73-75-82(85)91-80(79-90-92(86,87)89-77-76-83(3,4)5)78-88-81(84)74-72-70-68-66-64-62-60-58-56-54-52-50-48-46-35-33-31-29-27-25-23-21-19-17-15-13-11-9-7-2/h8-11,14-17,20-23,26-29,32-35,37-38,40-41,43-44,47-50,53-56,59-62,66,68,80H,6-7,12-13,18-19,24-25,30-31,36,39,42,45-46,51-52,57-58,63-65,67,69-79H2,1-5H3/b10-8-,11-9-,16-14-,17-15-,22-20-,23-21-,28-26-,29-27-,34-32-,35-33-,38-37-,41-40-,44-43-,49-47-,50-48-,55-53-,56-54-,61-59-,62-60-,68-66-. The van der Waals surface area contributed by atoms with Gasteiger partial charge in [-0.05, 0) is 161 Å². The minimum Gasteiger partial charge on any atom is -0.756 e. The lowest BCUT2D eigenvalue weighted by Gasteiger charge is -2.28. The van der Waals surface area contributed by atoms with Crippen molar-refractivity contribution < 1.29 is 42.1 Å². The molecule has 92 heavy (non-hydrogen) atoms. The third kappa shape index (κ3) is 72.9. The lowest BCUT2D eigenvalue weighted by molar-refractivity contribution is -0.870. The topological polar surface area (TPSA) is 111 Å². The number of ether oxygens (including phenoxy) is 2. The van der Waals surface area contributed by atoms with Crippen molar-refractivity contribution in [1.29, 1.82) is 0 Å². The van der Waals surface area contributed by atoms with Crippen LogP contribution < -0.4 is 4.89 Å². The van der Waals surface area contributed by atoms with Crippen LogP contribution in [0, 0.1) is 0 Å². The highest BCUT2D eigenvalue weighted by Crippen LogP contribution is 2.38. The number of hydrogen-bond acceptors (Lipinski definition) is 8. The fourth-order valence-corrected chi connectivity index (χ4v) is 8.86. The SMILES string of the molecule is CC/C=C\C/C=C\C/C=C\C/C=C\C/C=C\C/C=C\C/C=C\C/C=C\C/C=C\C/C=C\C/C=C\CCCCCCCC(=O)OC(COC(=O)CCC/C=C\C/C=C\C/C=C\C/C=C\C/C=C\C/C=C\C/C=C\C/C=C\C/C=C\CC)COP(=O)([O-])OCC[N+](C)(C)C. The summed E-state index contributed by atoms with van der Waals surface area (Å²) in [4.78, 5) is 38.0. The molecule has 0 rings (SSSR count). The first-order valence-corrected chi connectivity index (χ1v) is 36.2. The van der Waals surface area contributed by atoms with Crippen molar-refractivity contribution in [3.63, 3.8) is 0 Å². The zero-order valence-electron chi connectivity index (χ0n) is 57.9. The Kier molecular flexibility index (Phi) is 64.5. The fraction of sp³-hybridized carbons (Fsp3) is 0.488. The second-order valence-electron chi connectivity index (χ2n) is 23.1. The van der Waals surface area contributed by atoms with Crippen LogP contribution in [0.5, 0.6) is 0 Å². The molecule has 0 radical (unpaired) electrons. The lowest BCUT2D eigenvalue weighted by Crippen LogP contribution is -2.37. The monoisotopic (exact) mass is 1280 g/mol. The van der Waals surface area contributed by atoms with Gasteiger partial charge in [-0.2, -0.15) is 0 Å². The molecule has 10 heteroatoms. The van der Waals surface area contributed by atoms with E-state index in [1.807, 2.05) is 27.2 Å². The molecule has 9 nitrogen and oxygen atoms in total. The molecule has 0 bridgehead atoms. The fourth-order valence-electron chi connectivity index (χ4n) is 8.13. The van der Waals surface area contributed by atoms with Gasteiger partial charge in [-0.15, -0.1) is 0 Å². The number of hydrogen-bond donors (Lipinski definition) is 0. The van der Waals surface area contributed by atoms with Crippen LogP contribution in [0.3, 0.4) is 0 Å². The zero-order chi connectivity index (χ0) is 66.9. The molecule has 0 saturated carbocycles. The molecule has 0 amide bonds. The predicted molar refractivity (Wildman–Crippen MR) is 396 cm³/mol. The van der Waals surface area contributed by atoms with Crippen molar-refractivity contribution in [2.75, 3.05) is 47.5 Å². The van der Waals surface area contributed by atoms with E-state index in [0.717, 1.165) is 161 Å². The van der Waals surface area contributed by atoms with Gasteiger partial charge in [0, 0.05) is 12.8 Å². The van der Waals surface area contributed by atoms with Crippen molar-refractivity contribution in [1.82, 2.24) is 0 Å². The van der Waals surface area contributed by atoms with Crippen LogP contribution >= 0.6 is 7.82 Å². The van der Waals surface area contributed by atoms with Crippen LogP contribution in [0.15, 0.2) is 243 Å². The Morgan fingerprint density at radius 3 is 0.902 bits per heavy atom. The second-order valence-corrected chi connectivity index (χ2v) is 24.5. The number of unbranched alkanes of at least 4 members (excludes halogenated alkanes) is 6. The molecule has 0 aliphatic carbocycles. The van der Waals surface area contributed by atoms with Crippen LogP contribution in [0.25, 0.3) is 0 Å². The van der Waals surface area contributed by atoms with Crippen molar-refractivity contribution in [3.05, 3.63) is 243 Å². The summed E-state index contributed by atoms with van der Waals surface area (Å²) in [6.07, 6.45) is 114. The third-order valence-corrected chi connectivity index (χ3v) is 14.3. The van der Waals surface area contributed by atoms with Gasteiger partial charge in [0.2, 0.25) is 0 Å². The molecule has 0 aromatic carbocycles. The number of rotatable bonds is 60. The Morgan fingerprint density at radius 2 is 0.598 bits per heavy atom. The third-order valence-electron chi connectivity index (χ3n) is 13.4. The average molecular weight is 1280 g/mol. The van der Waals surface area contributed by atoms with Gasteiger partial charge in [-0.3, -0.25) is 14.2 Å². The number of quaternary nitrogens is 1. The Hall–Kier alpha value is -6.19. The Morgan fingerprint density at radius 1 is 0.337 bits per heavy atom. The quantitative estimate of drug-likeness (QED) is 0.0195. The van der Waals surface area contributed by atoms with Crippen molar-refractivity contribution in [2.45, 2.75) is 213 Å². The molecular weight excluding hydrogens is 1160 g/mol. The molecule has 0 aromatic heterocycles. The first kappa shape index (κ1) is 85.8. The molecule has 0 aliphatic heterocycles. The van der Waals surface area contributed by atoms with E-state index in [1.165, 1.54) is 0 Å². The van der Waals surface area contributed by atoms with Crippen LogP contribution in [-0.4, -0.2) is 70.0 Å². The summed E-state index contributed by atoms with van der Waals surface area (Å²) in [5, 5.41) is 0. The van der Waals surface area contributed by atoms with Gasteiger partial charge in [-0.1, -0.05) is 276 Å². The van der Waals surface area contributed by atoms with Gasteiger partial charge >= 0.3 is 11.9 Å². The molecule has 2 atom stereocenters. The molecule has 0 saturated heterocycles. The average Bonchev–Trinajstić information content (AvgIpc) is 2.14. The number of esters is 2. The van der Waals surface area contributed by atoms with Gasteiger partial charge < -0.3 is 27.9 Å². The van der Waals surface area contributed by atoms with Crippen molar-refractivity contribution in [2.24, 2.45) is 0 Å². The van der Waals surface area contributed by atoms with Gasteiger partial charge in [0.1, 0.15) is 19.8 Å². The van der Waals surface area contributed by atoms with Crippen LogP contribution in [0.4, 0.5) is 0 Å². The largest absolute Gasteiger partial charge is 0.756 e. The smallest absolute Gasteiger partial charge is 0.306 e. The molecule has 510 valence electrons. The lowest BCUT2D eigenvalue weighted by atomic mass is 10.1. The Labute approximate surface area is 562 Å². The number of allylic oxidation sites excluding steroid dienone is 40. The molecule has 0 N–H and O–H groups in total. The van der Waals surface area contributed by atoms with Gasteiger partial charge in [-0.25, -0.2) is 0 Å². The second kappa shape index (κ2) is 69.2. The van der Waals surface area contributed by atoms with E-state index >= 15 is 0 Å². The summed E-state index contributed by atoms with van der Waals surface area (Å²) < 4.78 is 34.2. The predicted octanol–water partition coefficient (Wildman–Crippen LogP) is 22.5. The highest BCUT2D eigenvalue weighted by atomic mass is 31.2. The molecule has 0 aliphatic rings. The normalized spacial score (nSPS) is 14.6. The van der Waals surface area contributed by atoms with Gasteiger partial charge in [0.15, 0.2) is 6.10 Å². The molecule has 0 heterocycles. The number of phosphoric acid groups is 1. The zero-order valence-corrected chi connectivity index (χ0v) is 58.8. The highest BCUT2D eigenvalue weighted by Gasteiger charge is 2.21. The summed E-state index contributed by atoms with van der Waals surface area (Å²) in [6.45, 7) is 3.88. The Balaban J connectivity index is 4.30. The number of phosphoric ester groups is 1. The van der Waals surface area contributed by atoms with E-state index in [2.05, 4.69) is 251 Å². The minimum absolute atomic E-state index is 0.0590. The van der Waals surface area contributed by atoms with E-state index in [-0.39, 0.29) is 26.1 Å². The summed E-state index contributed by atoms with van der Waals surface area (Å²) in [5.74, 6) is -0.949. The van der Waals surface area contributed by atoms with Crippen LogP contribution in [0.1, 0.15) is 206 Å². The van der Waals surface area contributed by atoms with E-state index < -0.39 is 32.5 Å². The summed E-state index contributed by atoms with van der Waals surface area (Å²) in [7, 11) is 1.08. The number of carbonyl (C=O) groups is 2. The van der Waals surface area contributed by atoms with E-state index in [0.29, 0.717) is 30.3 Å². The van der Waals surface area contributed by atoms with Gasteiger partial charge in [0.25, 0.3) is 7.82 Å². The molecule has 2 unspecified atom stereocenters. The maximum Gasteiger partial charge on any atom is 0.306 e. The number of nitrogens with zero attached hydrogens (tertiary/aromatic N) is 1. The number of carbonyl (C=O) groups excluding carboxylic acids is 2. The summed E-state index contributed by atoms with van der Waals surface area (Å²) >= 11 is 0. The molecule has 0 aromatic rings. The first-order chi connectivity index (χ1) is 45.0. The maximum atomic E-state index is 12.9. The van der Waals surface area contributed by atoms with Crippen molar-refractivity contribution >= 4 is 19.8 Å². The van der Waals surface area contributed by atoms with Crippen molar-refractivity contribution in [3.8, 4) is 0 Å². The molecule has 0 spiro atoms. The number of likely N-dealkylation sites (N-methyl/N-ethyl adjacent to an activating group) is 1. The van der Waals surface area contributed by atoms with E-state index in [9.17, 15) is 19.0 Å².